The number of nitrogens with zero attached hydrogens (tertiary/aromatic N) is 3. The molecule has 1 aliphatic heterocycles. The van der Waals surface area contributed by atoms with Gasteiger partial charge >= 0.3 is 0 Å². The Labute approximate surface area is 173 Å². The highest BCUT2D eigenvalue weighted by atomic mass is 35.5. The minimum absolute atomic E-state index is 0.00846. The molecule has 152 valence electrons. The molecule has 29 heavy (non-hydrogen) atoms. The highest BCUT2D eigenvalue weighted by molar-refractivity contribution is 6.31. The summed E-state index contributed by atoms with van der Waals surface area (Å²) in [4.78, 5) is 14.6. The van der Waals surface area contributed by atoms with Crippen molar-refractivity contribution >= 4 is 34.2 Å². The van der Waals surface area contributed by atoms with Crippen molar-refractivity contribution < 1.29 is 13.8 Å². The van der Waals surface area contributed by atoms with Crippen molar-refractivity contribution in [2.75, 3.05) is 18.4 Å². The Bertz CT molecular complexity index is 1000. The molecule has 0 bridgehead atoms. The average Bonchev–Trinajstić information content (AvgIpc) is 3.18. The Morgan fingerprint density at radius 3 is 2.76 bits per heavy atom. The molecule has 1 aromatic heterocycles. The summed E-state index contributed by atoms with van der Waals surface area (Å²) in [5.74, 6) is -0.0188. The zero-order valence-corrected chi connectivity index (χ0v) is 16.7. The van der Waals surface area contributed by atoms with E-state index in [4.69, 9.17) is 16.2 Å². The maximum absolute atomic E-state index is 13.2. The number of aromatic nitrogens is 2. The van der Waals surface area contributed by atoms with E-state index < -0.39 is 5.82 Å². The lowest BCUT2D eigenvalue weighted by molar-refractivity contribution is -0.116. The van der Waals surface area contributed by atoms with E-state index in [0.717, 1.165) is 49.9 Å². The monoisotopic (exact) mass is 416 g/mol. The summed E-state index contributed by atoms with van der Waals surface area (Å²) in [6.07, 6.45) is 3.45. The molecule has 1 N–H and O–H groups in total. The van der Waals surface area contributed by atoms with E-state index in [0.29, 0.717) is 18.0 Å². The Balaban J connectivity index is 1.20. The molecule has 4 rings (SSSR count). The van der Waals surface area contributed by atoms with E-state index in [1.54, 1.807) is 0 Å². The first-order valence-electron chi connectivity index (χ1n) is 9.75. The Morgan fingerprint density at radius 2 is 1.97 bits per heavy atom. The molecule has 0 spiro atoms. The van der Waals surface area contributed by atoms with Crippen molar-refractivity contribution in [2.24, 2.45) is 5.92 Å². The number of carbonyl (C=O) groups is 1. The van der Waals surface area contributed by atoms with E-state index in [1.165, 1.54) is 23.8 Å². The largest absolute Gasteiger partial charge is 0.326 e. The smallest absolute Gasteiger partial charge is 0.224 e. The van der Waals surface area contributed by atoms with Gasteiger partial charge in [0.15, 0.2) is 0 Å². The van der Waals surface area contributed by atoms with Crippen molar-refractivity contribution in [1.82, 2.24) is 15.2 Å². The summed E-state index contributed by atoms with van der Waals surface area (Å²) in [5, 5.41) is 10.5. The van der Waals surface area contributed by atoms with Crippen LogP contribution in [0.15, 0.2) is 41.0 Å². The number of amides is 1. The summed E-state index contributed by atoms with van der Waals surface area (Å²) in [7, 11) is 0. The molecule has 8 heteroatoms. The van der Waals surface area contributed by atoms with Crippen LogP contribution in [-0.4, -0.2) is 34.2 Å². The Kier molecular flexibility index (Phi) is 6.06. The van der Waals surface area contributed by atoms with E-state index >= 15 is 0 Å². The van der Waals surface area contributed by atoms with Gasteiger partial charge in [0, 0.05) is 18.7 Å². The van der Waals surface area contributed by atoms with Gasteiger partial charge in [-0.25, -0.2) is 9.02 Å². The number of piperidine rings is 1. The molecule has 0 unspecified atom stereocenters. The molecule has 3 aromatic rings. The van der Waals surface area contributed by atoms with Crippen LogP contribution in [0.5, 0.6) is 0 Å². The van der Waals surface area contributed by atoms with Gasteiger partial charge in [-0.2, -0.15) is 0 Å². The zero-order chi connectivity index (χ0) is 20.2. The number of anilines is 1. The van der Waals surface area contributed by atoms with Crippen LogP contribution in [0.4, 0.5) is 10.1 Å². The molecule has 6 nitrogen and oxygen atoms in total. The summed E-state index contributed by atoms with van der Waals surface area (Å²) in [5.41, 5.74) is 3.28. The third-order valence-electron chi connectivity index (χ3n) is 5.41. The van der Waals surface area contributed by atoms with Crippen molar-refractivity contribution in [1.29, 1.82) is 0 Å². The fraction of sp³-hybridized carbons (Fsp3) is 0.381. The van der Waals surface area contributed by atoms with E-state index in [1.807, 2.05) is 12.1 Å². The number of halogens is 2. The highest BCUT2D eigenvalue weighted by Gasteiger charge is 2.20. The lowest BCUT2D eigenvalue weighted by Gasteiger charge is -2.31. The number of carbonyl (C=O) groups excluding carboxylic acids is 1. The third-order valence-corrected chi connectivity index (χ3v) is 5.70. The van der Waals surface area contributed by atoms with Crippen LogP contribution in [0, 0.1) is 11.7 Å². The lowest BCUT2D eigenvalue weighted by atomic mass is 9.92. The minimum atomic E-state index is -0.492. The average molecular weight is 417 g/mol. The molecule has 0 atom stereocenters. The van der Waals surface area contributed by atoms with Crippen LogP contribution in [-0.2, 0) is 11.3 Å². The maximum atomic E-state index is 13.2. The van der Waals surface area contributed by atoms with Gasteiger partial charge in [0.2, 0.25) is 5.91 Å². The van der Waals surface area contributed by atoms with Crippen molar-refractivity contribution in [3.8, 4) is 0 Å². The molecule has 1 fully saturated rings. The van der Waals surface area contributed by atoms with Crippen LogP contribution in [0.25, 0.3) is 11.0 Å². The van der Waals surface area contributed by atoms with Gasteiger partial charge in [-0.3, -0.25) is 9.69 Å². The third kappa shape index (κ3) is 5.10. The number of fused-ring (bicyclic) bond motifs is 1. The SMILES string of the molecule is O=C(CCC1CCN(Cc2ccc3nonc3c2)CC1)Nc1ccc(F)c(Cl)c1. The van der Waals surface area contributed by atoms with Gasteiger partial charge in [0.05, 0.1) is 5.02 Å². The molecule has 1 amide bonds. The second kappa shape index (κ2) is 8.88. The minimum Gasteiger partial charge on any atom is -0.326 e. The lowest BCUT2D eigenvalue weighted by Crippen LogP contribution is -2.33. The van der Waals surface area contributed by atoms with Gasteiger partial charge in [-0.1, -0.05) is 17.7 Å². The van der Waals surface area contributed by atoms with Gasteiger partial charge in [-0.15, -0.1) is 0 Å². The van der Waals surface area contributed by atoms with Crippen LogP contribution < -0.4 is 5.32 Å². The number of hydrogen-bond donors (Lipinski definition) is 1. The number of nitrogens with one attached hydrogen (secondary N) is 1. The topological polar surface area (TPSA) is 71.3 Å². The normalized spacial score (nSPS) is 15.7. The number of benzene rings is 2. The fourth-order valence-corrected chi connectivity index (χ4v) is 3.93. The maximum Gasteiger partial charge on any atom is 0.224 e. The van der Waals surface area contributed by atoms with Gasteiger partial charge in [0.1, 0.15) is 16.9 Å². The number of rotatable bonds is 6. The highest BCUT2D eigenvalue weighted by Crippen LogP contribution is 2.24. The standard InChI is InChI=1S/C21H22ClFN4O2/c22-17-12-16(3-4-18(17)23)24-21(28)6-2-14-7-9-27(10-8-14)13-15-1-5-19-20(11-15)26-29-25-19/h1,3-5,11-12,14H,2,6-10,13H2,(H,24,28). The first kappa shape index (κ1) is 19.8. The molecular weight excluding hydrogens is 395 g/mol. The zero-order valence-electron chi connectivity index (χ0n) is 15.9. The summed E-state index contributed by atoms with van der Waals surface area (Å²) < 4.78 is 17.9. The Morgan fingerprint density at radius 1 is 1.17 bits per heavy atom. The van der Waals surface area contributed by atoms with Crippen molar-refractivity contribution in [3.05, 3.63) is 52.8 Å². The Hall–Kier alpha value is -2.51. The van der Waals surface area contributed by atoms with Crippen LogP contribution in [0.2, 0.25) is 5.02 Å². The van der Waals surface area contributed by atoms with Crippen LogP contribution in [0.3, 0.4) is 0 Å². The molecule has 0 aliphatic carbocycles. The summed E-state index contributed by atoms with van der Waals surface area (Å²) in [6, 6.07) is 10.2. The first-order chi connectivity index (χ1) is 14.1. The number of hydrogen-bond acceptors (Lipinski definition) is 5. The molecule has 0 radical (unpaired) electrons. The van der Waals surface area contributed by atoms with Crippen LogP contribution in [0.1, 0.15) is 31.2 Å². The van der Waals surface area contributed by atoms with E-state index in [9.17, 15) is 9.18 Å². The summed E-state index contributed by atoms with van der Waals surface area (Å²) >= 11 is 5.75. The van der Waals surface area contributed by atoms with E-state index in [-0.39, 0.29) is 10.9 Å². The molecule has 0 saturated carbocycles. The first-order valence-corrected chi connectivity index (χ1v) is 10.1. The van der Waals surface area contributed by atoms with Gasteiger partial charge in [0.25, 0.3) is 0 Å². The second-order valence-electron chi connectivity index (χ2n) is 7.52. The van der Waals surface area contributed by atoms with Crippen molar-refractivity contribution in [2.45, 2.75) is 32.2 Å². The predicted octanol–water partition coefficient (Wildman–Crippen LogP) is 4.65. The molecular formula is C21H22ClFN4O2. The number of likely N-dealkylation sites (tertiary alicyclic amines) is 1. The molecule has 2 aromatic carbocycles. The molecule has 1 aliphatic rings. The molecule has 1 saturated heterocycles. The predicted molar refractivity (Wildman–Crippen MR) is 109 cm³/mol. The van der Waals surface area contributed by atoms with Gasteiger partial charge < -0.3 is 5.32 Å². The summed E-state index contributed by atoms with van der Waals surface area (Å²) in [6.45, 7) is 2.89. The van der Waals surface area contributed by atoms with Crippen molar-refractivity contribution in [3.63, 3.8) is 0 Å². The fourth-order valence-electron chi connectivity index (χ4n) is 3.75. The van der Waals surface area contributed by atoms with Crippen LogP contribution >= 0.6 is 11.6 Å². The van der Waals surface area contributed by atoms with E-state index in [2.05, 4.69) is 26.6 Å². The second-order valence-corrected chi connectivity index (χ2v) is 7.93. The quantitative estimate of drug-likeness (QED) is 0.633. The molecule has 2 heterocycles. The van der Waals surface area contributed by atoms with Gasteiger partial charge in [-0.05, 0) is 84.5 Å².